The summed E-state index contributed by atoms with van der Waals surface area (Å²) in [4.78, 5) is 8.08. The van der Waals surface area contributed by atoms with E-state index in [0.29, 0.717) is 12.2 Å². The zero-order valence-electron chi connectivity index (χ0n) is 10.1. The average molecular weight is 241 g/mol. The fourth-order valence-electron chi connectivity index (χ4n) is 2.03. The Morgan fingerprint density at radius 3 is 2.81 bits per heavy atom. The van der Waals surface area contributed by atoms with Gasteiger partial charge in [0.15, 0.2) is 5.13 Å². The van der Waals surface area contributed by atoms with Gasteiger partial charge < -0.3 is 15.0 Å². The number of nitrogens with one attached hydrogen (secondary N) is 1. The van der Waals surface area contributed by atoms with Gasteiger partial charge in [0.05, 0.1) is 12.2 Å². The first-order valence-corrected chi connectivity index (χ1v) is 6.50. The molecule has 90 valence electrons. The number of anilines is 1. The molecule has 1 N–H and O–H groups in total. The highest BCUT2D eigenvalue weighted by Crippen LogP contribution is 2.25. The summed E-state index contributed by atoms with van der Waals surface area (Å²) in [6.45, 7) is 7.01. The van der Waals surface area contributed by atoms with Crippen molar-refractivity contribution in [1.29, 1.82) is 0 Å². The second-order valence-electron chi connectivity index (χ2n) is 4.30. The molecular weight excluding hydrogens is 222 g/mol. The standard InChI is InChI=1S/C11H19N3OS/c1-8-6-14(7-9(2)15-8)11-13-5-10(16-11)4-12-3/h5,8-9,12H,4,6-7H2,1-3H3. The summed E-state index contributed by atoms with van der Waals surface area (Å²) in [6, 6.07) is 0. The van der Waals surface area contributed by atoms with Gasteiger partial charge in [-0.25, -0.2) is 4.98 Å². The smallest absolute Gasteiger partial charge is 0.185 e. The van der Waals surface area contributed by atoms with Crippen molar-refractivity contribution >= 4 is 16.5 Å². The summed E-state index contributed by atoms with van der Waals surface area (Å²) in [7, 11) is 1.96. The van der Waals surface area contributed by atoms with Crippen LogP contribution in [0.5, 0.6) is 0 Å². The molecule has 2 unspecified atom stereocenters. The van der Waals surface area contributed by atoms with E-state index in [-0.39, 0.29) is 0 Å². The summed E-state index contributed by atoms with van der Waals surface area (Å²) in [5.74, 6) is 0. The van der Waals surface area contributed by atoms with Crippen LogP contribution in [0, 0.1) is 0 Å². The van der Waals surface area contributed by atoms with Gasteiger partial charge in [0.25, 0.3) is 0 Å². The van der Waals surface area contributed by atoms with E-state index in [4.69, 9.17) is 4.74 Å². The lowest BCUT2D eigenvalue weighted by atomic mass is 10.2. The van der Waals surface area contributed by atoms with Crippen molar-refractivity contribution < 1.29 is 4.74 Å². The molecule has 5 heteroatoms. The van der Waals surface area contributed by atoms with Crippen molar-refractivity contribution in [3.8, 4) is 0 Å². The molecule has 0 radical (unpaired) electrons. The van der Waals surface area contributed by atoms with E-state index in [0.717, 1.165) is 24.8 Å². The summed E-state index contributed by atoms with van der Waals surface area (Å²) in [6.07, 6.45) is 2.54. The van der Waals surface area contributed by atoms with Crippen LogP contribution >= 0.6 is 11.3 Å². The SMILES string of the molecule is CNCc1cnc(N2CC(C)OC(C)C2)s1. The maximum absolute atomic E-state index is 5.72. The number of hydrogen-bond acceptors (Lipinski definition) is 5. The van der Waals surface area contributed by atoms with Gasteiger partial charge in [-0.3, -0.25) is 0 Å². The van der Waals surface area contributed by atoms with Gasteiger partial charge >= 0.3 is 0 Å². The Morgan fingerprint density at radius 1 is 1.50 bits per heavy atom. The Kier molecular flexibility index (Phi) is 3.78. The normalized spacial score (nSPS) is 26.1. The monoisotopic (exact) mass is 241 g/mol. The zero-order chi connectivity index (χ0) is 11.5. The third kappa shape index (κ3) is 2.72. The quantitative estimate of drug-likeness (QED) is 0.869. The summed E-state index contributed by atoms with van der Waals surface area (Å²) in [5.41, 5.74) is 0. The molecule has 0 amide bonds. The van der Waals surface area contributed by atoms with Gasteiger partial charge in [0.2, 0.25) is 0 Å². The minimum Gasteiger partial charge on any atom is -0.372 e. The number of ether oxygens (including phenoxy) is 1. The van der Waals surface area contributed by atoms with Crippen molar-refractivity contribution in [2.24, 2.45) is 0 Å². The summed E-state index contributed by atoms with van der Waals surface area (Å²) < 4.78 is 5.72. The molecule has 1 aliphatic rings. The second kappa shape index (κ2) is 5.12. The third-order valence-electron chi connectivity index (χ3n) is 2.58. The summed E-state index contributed by atoms with van der Waals surface area (Å²) in [5, 5.41) is 4.26. The van der Waals surface area contributed by atoms with Crippen LogP contribution in [0.1, 0.15) is 18.7 Å². The van der Waals surface area contributed by atoms with Crippen LogP contribution < -0.4 is 10.2 Å². The van der Waals surface area contributed by atoms with Crippen LogP contribution in [0.3, 0.4) is 0 Å². The number of thiazole rings is 1. The molecule has 1 saturated heterocycles. The fraction of sp³-hybridized carbons (Fsp3) is 0.727. The van der Waals surface area contributed by atoms with Gasteiger partial charge in [0, 0.05) is 30.7 Å². The highest BCUT2D eigenvalue weighted by molar-refractivity contribution is 7.15. The number of morpholine rings is 1. The third-order valence-corrected chi connectivity index (χ3v) is 3.64. The Hall–Kier alpha value is -0.650. The Labute approximate surface area is 101 Å². The van der Waals surface area contributed by atoms with E-state index in [1.54, 1.807) is 11.3 Å². The van der Waals surface area contributed by atoms with Gasteiger partial charge in [-0.15, -0.1) is 11.3 Å². The van der Waals surface area contributed by atoms with Crippen molar-refractivity contribution in [2.75, 3.05) is 25.0 Å². The maximum atomic E-state index is 5.72. The van der Waals surface area contributed by atoms with Crippen LogP contribution in [0.2, 0.25) is 0 Å². The van der Waals surface area contributed by atoms with E-state index in [2.05, 4.69) is 29.0 Å². The van der Waals surface area contributed by atoms with E-state index in [1.807, 2.05) is 13.2 Å². The lowest BCUT2D eigenvalue weighted by Gasteiger charge is -2.35. The predicted octanol–water partition coefficient (Wildman–Crippen LogP) is 1.48. The first kappa shape index (κ1) is 11.8. The van der Waals surface area contributed by atoms with Gasteiger partial charge in [0.1, 0.15) is 0 Å². The van der Waals surface area contributed by atoms with Gasteiger partial charge in [-0.2, -0.15) is 0 Å². The lowest BCUT2D eigenvalue weighted by molar-refractivity contribution is -0.00522. The largest absolute Gasteiger partial charge is 0.372 e. The van der Waals surface area contributed by atoms with Crippen LogP contribution in [-0.4, -0.2) is 37.3 Å². The van der Waals surface area contributed by atoms with Crippen molar-refractivity contribution in [1.82, 2.24) is 10.3 Å². The lowest BCUT2D eigenvalue weighted by Crippen LogP contribution is -2.45. The van der Waals surface area contributed by atoms with Crippen LogP contribution in [-0.2, 0) is 11.3 Å². The van der Waals surface area contributed by atoms with E-state index < -0.39 is 0 Å². The summed E-state index contributed by atoms with van der Waals surface area (Å²) >= 11 is 1.76. The maximum Gasteiger partial charge on any atom is 0.185 e. The minimum absolute atomic E-state index is 0.292. The minimum atomic E-state index is 0.292. The second-order valence-corrected chi connectivity index (χ2v) is 5.40. The molecule has 1 aromatic heterocycles. The molecular formula is C11H19N3OS. The molecule has 2 heterocycles. The first-order valence-electron chi connectivity index (χ1n) is 5.68. The first-order chi connectivity index (χ1) is 7.69. The van der Waals surface area contributed by atoms with Gasteiger partial charge in [-0.1, -0.05) is 0 Å². The molecule has 16 heavy (non-hydrogen) atoms. The predicted molar refractivity (Wildman–Crippen MR) is 67.1 cm³/mol. The Balaban J connectivity index is 2.04. The molecule has 0 aromatic carbocycles. The zero-order valence-corrected chi connectivity index (χ0v) is 10.9. The Bertz CT molecular complexity index is 332. The van der Waals surface area contributed by atoms with E-state index in [1.165, 1.54) is 4.88 Å². The molecule has 0 saturated carbocycles. The van der Waals surface area contributed by atoms with Crippen LogP contribution in [0.15, 0.2) is 6.20 Å². The molecule has 0 spiro atoms. The molecule has 1 aromatic rings. The van der Waals surface area contributed by atoms with Crippen LogP contribution in [0.25, 0.3) is 0 Å². The number of aromatic nitrogens is 1. The van der Waals surface area contributed by atoms with E-state index >= 15 is 0 Å². The molecule has 0 bridgehead atoms. The van der Waals surface area contributed by atoms with Gasteiger partial charge in [-0.05, 0) is 20.9 Å². The highest BCUT2D eigenvalue weighted by atomic mass is 32.1. The highest BCUT2D eigenvalue weighted by Gasteiger charge is 2.24. The molecule has 2 atom stereocenters. The van der Waals surface area contributed by atoms with Crippen molar-refractivity contribution in [3.05, 3.63) is 11.1 Å². The fourth-order valence-corrected chi connectivity index (χ4v) is 2.97. The number of rotatable bonds is 3. The molecule has 4 nitrogen and oxygen atoms in total. The van der Waals surface area contributed by atoms with E-state index in [9.17, 15) is 0 Å². The Morgan fingerprint density at radius 2 is 2.19 bits per heavy atom. The number of hydrogen-bond donors (Lipinski definition) is 1. The molecule has 1 fully saturated rings. The van der Waals surface area contributed by atoms with Crippen molar-refractivity contribution in [3.63, 3.8) is 0 Å². The molecule has 1 aliphatic heterocycles. The molecule has 2 rings (SSSR count). The number of nitrogens with zero attached hydrogens (tertiary/aromatic N) is 2. The average Bonchev–Trinajstić information content (AvgIpc) is 2.65. The van der Waals surface area contributed by atoms with Crippen LogP contribution in [0.4, 0.5) is 5.13 Å². The topological polar surface area (TPSA) is 37.4 Å². The van der Waals surface area contributed by atoms with Crippen molar-refractivity contribution in [2.45, 2.75) is 32.6 Å². The molecule has 0 aliphatic carbocycles.